The minimum absolute atomic E-state index is 0.0341. The molecule has 3 amide bonds. The van der Waals surface area contributed by atoms with E-state index in [1.54, 1.807) is 59.5 Å². The number of amides is 3. The second kappa shape index (κ2) is 8.33. The van der Waals surface area contributed by atoms with Crippen molar-refractivity contribution in [1.29, 1.82) is 0 Å². The Morgan fingerprint density at radius 1 is 1.19 bits per heavy atom. The zero-order valence-corrected chi connectivity index (χ0v) is 14.9. The highest BCUT2D eigenvalue weighted by atomic mass is 35.5. The largest absolute Gasteiger partial charge is 0.352 e. The number of nitrogens with two attached hydrogens (primary N) is 1. The summed E-state index contributed by atoms with van der Waals surface area (Å²) in [5, 5.41) is 9.82. The topological polar surface area (TPSA) is 115 Å². The average Bonchev–Trinajstić information content (AvgIpc) is 3.16. The predicted octanol–water partition coefficient (Wildman–Crippen LogP) is 2.66. The number of carbonyl (C=O) groups excluding carboxylic acids is 2. The van der Waals surface area contributed by atoms with Crippen molar-refractivity contribution in [3.63, 3.8) is 0 Å². The molecule has 1 unspecified atom stereocenters. The zero-order chi connectivity index (χ0) is 19.2. The number of pyridine rings is 1. The molecule has 138 valence electrons. The molecule has 0 aliphatic heterocycles. The van der Waals surface area contributed by atoms with Gasteiger partial charge in [-0.3, -0.25) is 4.79 Å². The Kier molecular flexibility index (Phi) is 5.68. The summed E-state index contributed by atoms with van der Waals surface area (Å²) in [6.45, 7) is 0. The van der Waals surface area contributed by atoms with Crippen molar-refractivity contribution < 1.29 is 9.59 Å². The summed E-state index contributed by atoms with van der Waals surface area (Å²) >= 11 is 6.17. The van der Waals surface area contributed by atoms with Crippen molar-refractivity contribution in [1.82, 2.24) is 20.1 Å². The minimum Gasteiger partial charge on any atom is -0.352 e. The Bertz CT molecular complexity index is 927. The number of nitrogens with zero attached hydrogens (tertiary/aromatic N) is 3. The van der Waals surface area contributed by atoms with E-state index in [-0.39, 0.29) is 12.3 Å². The molecular formula is C18H17ClN6O2. The second-order valence-corrected chi connectivity index (χ2v) is 6.10. The van der Waals surface area contributed by atoms with Gasteiger partial charge >= 0.3 is 6.03 Å². The van der Waals surface area contributed by atoms with Crippen molar-refractivity contribution in [3.05, 3.63) is 71.6 Å². The van der Waals surface area contributed by atoms with Gasteiger partial charge in [-0.25, -0.2) is 14.5 Å². The van der Waals surface area contributed by atoms with Gasteiger partial charge in [-0.05, 0) is 29.8 Å². The van der Waals surface area contributed by atoms with Crippen molar-refractivity contribution in [2.75, 3.05) is 5.32 Å². The van der Waals surface area contributed by atoms with Crippen LogP contribution in [0.15, 0.2) is 61.1 Å². The van der Waals surface area contributed by atoms with E-state index in [1.807, 2.05) is 0 Å². The van der Waals surface area contributed by atoms with E-state index >= 15 is 0 Å². The molecule has 0 spiro atoms. The predicted molar refractivity (Wildman–Crippen MR) is 102 cm³/mol. The van der Waals surface area contributed by atoms with Gasteiger partial charge in [0.2, 0.25) is 5.91 Å². The van der Waals surface area contributed by atoms with Gasteiger partial charge in [0, 0.05) is 17.4 Å². The first-order valence-corrected chi connectivity index (χ1v) is 8.47. The van der Waals surface area contributed by atoms with Gasteiger partial charge in [0.1, 0.15) is 0 Å². The Balaban J connectivity index is 1.69. The monoisotopic (exact) mass is 384 g/mol. The Morgan fingerprint density at radius 2 is 2.00 bits per heavy atom. The fourth-order valence-corrected chi connectivity index (χ4v) is 2.83. The highest BCUT2D eigenvalue weighted by molar-refractivity contribution is 6.31. The van der Waals surface area contributed by atoms with Crippen molar-refractivity contribution in [2.45, 2.75) is 12.5 Å². The number of aromatic nitrogens is 3. The lowest BCUT2D eigenvalue weighted by molar-refractivity contribution is -0.116. The quantitative estimate of drug-likeness (QED) is 0.605. The smallest absolute Gasteiger partial charge is 0.312 e. The molecule has 2 aromatic heterocycles. The van der Waals surface area contributed by atoms with E-state index in [2.05, 4.69) is 20.7 Å². The number of nitrogens with one attached hydrogen (secondary N) is 2. The van der Waals surface area contributed by atoms with E-state index in [9.17, 15) is 9.59 Å². The summed E-state index contributed by atoms with van der Waals surface area (Å²) in [6.07, 6.45) is 4.91. The maximum Gasteiger partial charge on any atom is 0.312 e. The maximum atomic E-state index is 12.4. The highest BCUT2D eigenvalue weighted by Gasteiger charge is 2.20. The highest BCUT2D eigenvalue weighted by Crippen LogP contribution is 2.25. The lowest BCUT2D eigenvalue weighted by Gasteiger charge is -2.19. The molecule has 9 heteroatoms. The SMILES string of the molecule is NC(=O)NC(CC(=O)Nc1ccc(-n2cccn2)nc1)c1ccccc1Cl. The molecule has 2 heterocycles. The standard InChI is InChI=1S/C18H17ClN6O2/c19-14-5-2-1-4-13(14)15(24-18(20)27)10-17(26)23-12-6-7-16(21-11-12)25-9-3-8-22-25/h1-9,11,15H,10H2,(H,23,26)(H3,20,24,27). The van der Waals surface area contributed by atoms with E-state index in [1.165, 1.54) is 6.20 Å². The number of benzene rings is 1. The van der Waals surface area contributed by atoms with Crippen LogP contribution in [0.1, 0.15) is 18.0 Å². The minimum atomic E-state index is -0.738. The number of urea groups is 1. The van der Waals surface area contributed by atoms with E-state index in [0.717, 1.165) is 0 Å². The summed E-state index contributed by atoms with van der Waals surface area (Å²) in [5.41, 5.74) is 6.36. The first-order valence-electron chi connectivity index (χ1n) is 8.09. The molecule has 0 saturated heterocycles. The molecule has 0 radical (unpaired) electrons. The fourth-order valence-electron chi connectivity index (χ4n) is 2.57. The molecule has 1 aromatic carbocycles. The summed E-state index contributed by atoms with van der Waals surface area (Å²) < 4.78 is 1.61. The molecular weight excluding hydrogens is 368 g/mol. The molecule has 0 saturated carbocycles. The number of rotatable bonds is 6. The van der Waals surface area contributed by atoms with Gasteiger partial charge in [0.25, 0.3) is 0 Å². The van der Waals surface area contributed by atoms with Gasteiger partial charge < -0.3 is 16.4 Å². The normalized spacial score (nSPS) is 11.6. The third kappa shape index (κ3) is 4.83. The molecule has 0 bridgehead atoms. The third-order valence-electron chi connectivity index (χ3n) is 3.76. The van der Waals surface area contributed by atoms with Crippen LogP contribution in [0.4, 0.5) is 10.5 Å². The number of carbonyl (C=O) groups is 2. The van der Waals surface area contributed by atoms with Crippen LogP contribution in [0.2, 0.25) is 5.02 Å². The Labute approximate surface area is 160 Å². The van der Waals surface area contributed by atoms with Gasteiger partial charge in [0.05, 0.1) is 24.3 Å². The van der Waals surface area contributed by atoms with Crippen LogP contribution in [-0.4, -0.2) is 26.7 Å². The van der Waals surface area contributed by atoms with Gasteiger partial charge in [-0.15, -0.1) is 0 Å². The molecule has 0 fully saturated rings. The zero-order valence-electron chi connectivity index (χ0n) is 14.2. The first-order chi connectivity index (χ1) is 13.0. The van der Waals surface area contributed by atoms with Crippen LogP contribution in [0, 0.1) is 0 Å². The lowest BCUT2D eigenvalue weighted by Crippen LogP contribution is -2.35. The third-order valence-corrected chi connectivity index (χ3v) is 4.10. The second-order valence-electron chi connectivity index (χ2n) is 5.69. The van der Waals surface area contributed by atoms with Crippen LogP contribution in [-0.2, 0) is 4.79 Å². The van der Waals surface area contributed by atoms with Crippen LogP contribution in [0.3, 0.4) is 0 Å². The van der Waals surface area contributed by atoms with Crippen molar-refractivity contribution in [2.24, 2.45) is 5.73 Å². The Morgan fingerprint density at radius 3 is 2.63 bits per heavy atom. The molecule has 0 aliphatic rings. The molecule has 3 aromatic rings. The van der Waals surface area contributed by atoms with Crippen molar-refractivity contribution in [3.8, 4) is 5.82 Å². The average molecular weight is 385 g/mol. The lowest BCUT2D eigenvalue weighted by atomic mass is 10.0. The van der Waals surface area contributed by atoms with E-state index in [0.29, 0.717) is 22.1 Å². The molecule has 8 nitrogen and oxygen atoms in total. The van der Waals surface area contributed by atoms with E-state index < -0.39 is 12.1 Å². The van der Waals surface area contributed by atoms with Gasteiger partial charge in [-0.1, -0.05) is 29.8 Å². The number of hydrogen-bond acceptors (Lipinski definition) is 4. The van der Waals surface area contributed by atoms with Crippen LogP contribution in [0.5, 0.6) is 0 Å². The van der Waals surface area contributed by atoms with Gasteiger partial charge in [0.15, 0.2) is 5.82 Å². The molecule has 4 N–H and O–H groups in total. The maximum absolute atomic E-state index is 12.4. The van der Waals surface area contributed by atoms with Crippen LogP contribution >= 0.6 is 11.6 Å². The molecule has 0 aliphatic carbocycles. The summed E-state index contributed by atoms with van der Waals surface area (Å²) in [5.74, 6) is 0.310. The first kappa shape index (κ1) is 18.4. The van der Waals surface area contributed by atoms with Crippen LogP contribution < -0.4 is 16.4 Å². The number of primary amides is 1. The number of halogens is 1. The van der Waals surface area contributed by atoms with Crippen molar-refractivity contribution >= 4 is 29.2 Å². The summed E-state index contributed by atoms with van der Waals surface area (Å²) in [7, 11) is 0. The van der Waals surface area contributed by atoms with Gasteiger partial charge in [-0.2, -0.15) is 5.10 Å². The molecule has 1 atom stereocenters. The fraction of sp³-hybridized carbons (Fsp3) is 0.111. The van der Waals surface area contributed by atoms with Crippen LogP contribution in [0.25, 0.3) is 5.82 Å². The molecule has 27 heavy (non-hydrogen) atoms. The Hall–Kier alpha value is -3.39. The molecule has 3 rings (SSSR count). The summed E-state index contributed by atoms with van der Waals surface area (Å²) in [4.78, 5) is 28.0. The number of hydrogen-bond donors (Lipinski definition) is 3. The summed E-state index contributed by atoms with van der Waals surface area (Å²) in [6, 6.07) is 10.8. The number of anilines is 1. The van der Waals surface area contributed by atoms with E-state index in [4.69, 9.17) is 17.3 Å².